The van der Waals surface area contributed by atoms with Gasteiger partial charge < -0.3 is 15.3 Å². The van der Waals surface area contributed by atoms with Crippen LogP contribution in [0.5, 0.6) is 0 Å². The van der Waals surface area contributed by atoms with E-state index >= 15 is 0 Å². The standard InChI is InChI=1S/C39H76O4/c1-3-5-7-9-11-13-15-17-18-19-20-21-22-23-24-26-28-30-32-34-37(41)39(43,38(42)36-40)35-33-31-29-27-25-16-14-12-10-8-6-4-2/h17-18,38,40,42-43H,3-16,19-36H2,1-2H3. The normalized spacial score (nSPS) is 14.0. The van der Waals surface area contributed by atoms with Crippen LogP contribution >= 0.6 is 0 Å². The molecule has 0 heterocycles. The fraction of sp³-hybridized carbons (Fsp3) is 0.923. The third kappa shape index (κ3) is 26.2. The second-order valence-electron chi connectivity index (χ2n) is 13.4. The van der Waals surface area contributed by atoms with E-state index < -0.39 is 18.3 Å². The van der Waals surface area contributed by atoms with Crippen LogP contribution in [0.2, 0.25) is 0 Å². The predicted octanol–water partition coefficient (Wildman–Crippen LogP) is 11.3. The van der Waals surface area contributed by atoms with Crippen molar-refractivity contribution < 1.29 is 20.1 Å². The summed E-state index contributed by atoms with van der Waals surface area (Å²) < 4.78 is 0. The van der Waals surface area contributed by atoms with Crippen LogP contribution in [0.25, 0.3) is 0 Å². The number of carbonyl (C=O) groups excluding carboxylic acids is 1. The molecule has 256 valence electrons. The molecule has 2 unspecified atom stereocenters. The van der Waals surface area contributed by atoms with Gasteiger partial charge in [0.25, 0.3) is 0 Å². The maximum absolute atomic E-state index is 12.9. The number of hydrogen-bond acceptors (Lipinski definition) is 4. The third-order valence-corrected chi connectivity index (χ3v) is 9.28. The molecule has 0 aromatic heterocycles. The van der Waals surface area contributed by atoms with Gasteiger partial charge in [-0.15, -0.1) is 0 Å². The van der Waals surface area contributed by atoms with Gasteiger partial charge in [0.2, 0.25) is 0 Å². The molecular weight excluding hydrogens is 532 g/mol. The zero-order valence-corrected chi connectivity index (χ0v) is 29.1. The minimum atomic E-state index is -1.79. The van der Waals surface area contributed by atoms with E-state index in [0.717, 1.165) is 32.1 Å². The molecule has 4 nitrogen and oxygen atoms in total. The Morgan fingerprint density at radius 3 is 1.23 bits per heavy atom. The van der Waals surface area contributed by atoms with E-state index in [0.29, 0.717) is 6.42 Å². The van der Waals surface area contributed by atoms with E-state index in [1.165, 1.54) is 148 Å². The fourth-order valence-corrected chi connectivity index (χ4v) is 6.16. The van der Waals surface area contributed by atoms with Gasteiger partial charge in [-0.25, -0.2) is 0 Å². The Morgan fingerprint density at radius 1 is 0.535 bits per heavy atom. The maximum Gasteiger partial charge on any atom is 0.167 e. The van der Waals surface area contributed by atoms with Crippen LogP contribution in [0.3, 0.4) is 0 Å². The average molecular weight is 609 g/mol. The summed E-state index contributed by atoms with van der Waals surface area (Å²) in [5, 5.41) is 30.7. The molecule has 0 saturated carbocycles. The van der Waals surface area contributed by atoms with Gasteiger partial charge in [0, 0.05) is 6.42 Å². The van der Waals surface area contributed by atoms with Crippen LogP contribution < -0.4 is 0 Å². The predicted molar refractivity (Wildman–Crippen MR) is 187 cm³/mol. The van der Waals surface area contributed by atoms with Gasteiger partial charge in [-0.2, -0.15) is 0 Å². The first-order valence-corrected chi connectivity index (χ1v) is 19.2. The molecule has 0 aliphatic heterocycles. The summed E-state index contributed by atoms with van der Waals surface area (Å²) in [6.45, 7) is 3.95. The highest BCUT2D eigenvalue weighted by molar-refractivity contribution is 5.87. The van der Waals surface area contributed by atoms with Gasteiger partial charge in [-0.3, -0.25) is 4.79 Å². The summed E-state index contributed by atoms with van der Waals surface area (Å²) in [5.74, 6) is -0.293. The zero-order valence-electron chi connectivity index (χ0n) is 29.1. The highest BCUT2D eigenvalue weighted by Gasteiger charge is 2.41. The number of aliphatic hydroxyl groups is 3. The minimum absolute atomic E-state index is 0.250. The molecule has 4 heteroatoms. The molecule has 2 atom stereocenters. The summed E-state index contributed by atoms with van der Waals surface area (Å²) in [6.07, 6.45) is 39.8. The lowest BCUT2D eigenvalue weighted by molar-refractivity contribution is -0.156. The van der Waals surface area contributed by atoms with Crippen LogP contribution in [0, 0.1) is 0 Å². The molecule has 43 heavy (non-hydrogen) atoms. The second-order valence-corrected chi connectivity index (χ2v) is 13.4. The number of rotatable bonds is 35. The molecule has 0 fully saturated rings. The molecule has 0 aromatic carbocycles. The van der Waals surface area contributed by atoms with Crippen LogP contribution in [0.4, 0.5) is 0 Å². The van der Waals surface area contributed by atoms with Crippen molar-refractivity contribution in [3.8, 4) is 0 Å². The van der Waals surface area contributed by atoms with Crippen LogP contribution in [-0.2, 0) is 4.79 Å². The maximum atomic E-state index is 12.9. The molecule has 0 radical (unpaired) electrons. The molecule has 0 aliphatic rings. The molecule has 0 spiro atoms. The highest BCUT2D eigenvalue weighted by Crippen LogP contribution is 2.25. The smallest absolute Gasteiger partial charge is 0.167 e. The van der Waals surface area contributed by atoms with Gasteiger partial charge in [0.05, 0.1) is 6.61 Å². The average Bonchev–Trinajstić information content (AvgIpc) is 3.01. The topological polar surface area (TPSA) is 77.8 Å². The second kappa shape index (κ2) is 32.7. The number of Topliss-reactive ketones (excluding diaryl/α,β-unsaturated/α-hetero) is 1. The number of aliphatic hydroxyl groups excluding tert-OH is 2. The number of unbranched alkanes of at least 4 members (excludes halogenated alkanes) is 26. The van der Waals surface area contributed by atoms with Crippen molar-refractivity contribution in [3.05, 3.63) is 12.2 Å². The van der Waals surface area contributed by atoms with Crippen molar-refractivity contribution in [2.75, 3.05) is 6.61 Å². The first-order valence-electron chi connectivity index (χ1n) is 19.2. The first-order chi connectivity index (χ1) is 21.0. The van der Waals surface area contributed by atoms with Gasteiger partial charge >= 0.3 is 0 Å². The Hall–Kier alpha value is -0.710. The van der Waals surface area contributed by atoms with Crippen molar-refractivity contribution in [2.45, 2.75) is 225 Å². The van der Waals surface area contributed by atoms with E-state index in [1.807, 2.05) is 0 Å². The van der Waals surface area contributed by atoms with E-state index in [-0.39, 0.29) is 18.6 Å². The zero-order chi connectivity index (χ0) is 31.7. The van der Waals surface area contributed by atoms with E-state index in [1.54, 1.807) is 0 Å². The summed E-state index contributed by atoms with van der Waals surface area (Å²) in [7, 11) is 0. The molecule has 0 saturated heterocycles. The van der Waals surface area contributed by atoms with Crippen LogP contribution in [-0.4, -0.2) is 39.4 Å². The first kappa shape index (κ1) is 42.3. The Bertz CT molecular complexity index is 604. The minimum Gasteiger partial charge on any atom is -0.394 e. The molecule has 0 amide bonds. The summed E-state index contributed by atoms with van der Waals surface area (Å²) in [6, 6.07) is 0. The quantitative estimate of drug-likeness (QED) is 0.0494. The lowest BCUT2D eigenvalue weighted by atomic mass is 9.84. The van der Waals surface area contributed by atoms with Crippen molar-refractivity contribution in [1.82, 2.24) is 0 Å². The summed E-state index contributed by atoms with van der Waals surface area (Å²) in [5.41, 5.74) is -1.79. The number of carbonyl (C=O) groups is 1. The Balaban J connectivity index is 3.77. The Morgan fingerprint density at radius 2 is 0.860 bits per heavy atom. The lowest BCUT2D eigenvalue weighted by Crippen LogP contribution is -2.51. The largest absolute Gasteiger partial charge is 0.394 e. The van der Waals surface area contributed by atoms with E-state index in [4.69, 9.17) is 0 Å². The lowest BCUT2D eigenvalue weighted by Gasteiger charge is -2.31. The Labute approximate surface area is 268 Å². The van der Waals surface area contributed by atoms with Gasteiger partial charge in [0.1, 0.15) is 6.10 Å². The van der Waals surface area contributed by atoms with Crippen molar-refractivity contribution in [2.24, 2.45) is 0 Å². The SMILES string of the molecule is CCCCCCCCC=CCCCCCCCCCCCC(=O)C(O)(CCCCCCCCCCCCCC)C(O)CO. The fourth-order valence-electron chi connectivity index (χ4n) is 6.16. The third-order valence-electron chi connectivity index (χ3n) is 9.28. The molecule has 0 aliphatic carbocycles. The molecule has 3 N–H and O–H groups in total. The van der Waals surface area contributed by atoms with Crippen LogP contribution in [0.15, 0.2) is 12.2 Å². The van der Waals surface area contributed by atoms with Gasteiger partial charge in [-0.1, -0.05) is 180 Å². The number of allylic oxidation sites excluding steroid dienone is 2. The number of hydrogen-bond donors (Lipinski definition) is 3. The van der Waals surface area contributed by atoms with Gasteiger partial charge in [-0.05, 0) is 38.5 Å². The Kier molecular flexibility index (Phi) is 32.1. The van der Waals surface area contributed by atoms with E-state index in [9.17, 15) is 20.1 Å². The van der Waals surface area contributed by atoms with Crippen molar-refractivity contribution >= 4 is 5.78 Å². The molecule has 0 bridgehead atoms. The van der Waals surface area contributed by atoms with E-state index in [2.05, 4.69) is 26.0 Å². The highest BCUT2D eigenvalue weighted by atomic mass is 16.4. The summed E-state index contributed by atoms with van der Waals surface area (Å²) in [4.78, 5) is 12.9. The molecular formula is C39H76O4. The van der Waals surface area contributed by atoms with Crippen molar-refractivity contribution in [1.29, 1.82) is 0 Å². The van der Waals surface area contributed by atoms with Gasteiger partial charge in [0.15, 0.2) is 11.4 Å². The molecule has 0 aromatic rings. The van der Waals surface area contributed by atoms with Crippen molar-refractivity contribution in [3.63, 3.8) is 0 Å². The monoisotopic (exact) mass is 609 g/mol. The van der Waals surface area contributed by atoms with Crippen LogP contribution in [0.1, 0.15) is 213 Å². The summed E-state index contributed by atoms with van der Waals surface area (Å²) >= 11 is 0. The molecule has 0 rings (SSSR count). The number of ketones is 1.